The van der Waals surface area contributed by atoms with E-state index < -0.39 is 0 Å². The first-order valence-corrected chi connectivity index (χ1v) is 7.29. The van der Waals surface area contributed by atoms with Crippen molar-refractivity contribution in [2.75, 3.05) is 0 Å². The second-order valence-corrected chi connectivity index (χ2v) is 5.38. The van der Waals surface area contributed by atoms with E-state index in [1.54, 1.807) is 11.3 Å². The van der Waals surface area contributed by atoms with Gasteiger partial charge in [0, 0.05) is 5.38 Å². The third-order valence-electron chi connectivity index (χ3n) is 2.43. The van der Waals surface area contributed by atoms with Crippen molar-refractivity contribution in [2.45, 2.75) is 6.61 Å². The summed E-state index contributed by atoms with van der Waals surface area (Å²) in [5, 5.41) is 7.83. The molecule has 0 bridgehead atoms. The van der Waals surface area contributed by atoms with Gasteiger partial charge in [-0.25, -0.2) is 0 Å². The van der Waals surface area contributed by atoms with Crippen LogP contribution in [0.4, 0.5) is 0 Å². The molecule has 0 aliphatic heterocycles. The number of hydrogen-bond acceptors (Lipinski definition) is 5. The monoisotopic (exact) mass is 336 g/mol. The average Bonchev–Trinajstić information content (AvgIpc) is 3.09. The lowest BCUT2D eigenvalue weighted by atomic mass is 10.3. The molecule has 3 rings (SSSR count). The van der Waals surface area contributed by atoms with E-state index in [1.165, 1.54) is 0 Å². The topological polar surface area (TPSA) is 48.2 Å². The molecule has 4 nitrogen and oxygen atoms in total. The van der Waals surface area contributed by atoms with E-state index in [0.29, 0.717) is 11.7 Å². The van der Waals surface area contributed by atoms with Gasteiger partial charge in [0.1, 0.15) is 5.75 Å². The standard InChI is InChI=1S/C13H9BrN2O2S/c14-10-3-1-2-4-11(10)17-7-12-15-13(18-16-12)9-5-6-19-8-9/h1-6,8H,7H2. The van der Waals surface area contributed by atoms with Gasteiger partial charge in [0.2, 0.25) is 5.82 Å². The third-order valence-corrected chi connectivity index (χ3v) is 3.77. The van der Waals surface area contributed by atoms with Crippen molar-refractivity contribution in [1.29, 1.82) is 0 Å². The second kappa shape index (κ2) is 5.54. The smallest absolute Gasteiger partial charge is 0.258 e. The van der Waals surface area contributed by atoms with Crippen LogP contribution in [0, 0.1) is 0 Å². The lowest BCUT2D eigenvalue weighted by Crippen LogP contribution is -1.97. The predicted octanol–water partition coefficient (Wildman–Crippen LogP) is 4.14. The Morgan fingerprint density at radius 1 is 1.26 bits per heavy atom. The lowest BCUT2D eigenvalue weighted by Gasteiger charge is -2.04. The Hall–Kier alpha value is -1.66. The highest BCUT2D eigenvalue weighted by Gasteiger charge is 2.10. The van der Waals surface area contributed by atoms with Crippen molar-refractivity contribution in [3.8, 4) is 17.2 Å². The number of aromatic nitrogens is 2. The van der Waals surface area contributed by atoms with E-state index in [1.807, 2.05) is 41.1 Å². The Morgan fingerprint density at radius 3 is 2.95 bits per heavy atom. The number of rotatable bonds is 4. The molecule has 2 heterocycles. The average molecular weight is 337 g/mol. The van der Waals surface area contributed by atoms with Crippen molar-refractivity contribution < 1.29 is 9.26 Å². The van der Waals surface area contributed by atoms with Crippen LogP contribution in [-0.4, -0.2) is 10.1 Å². The van der Waals surface area contributed by atoms with E-state index >= 15 is 0 Å². The predicted molar refractivity (Wildman–Crippen MR) is 76.1 cm³/mol. The highest BCUT2D eigenvalue weighted by molar-refractivity contribution is 9.10. The number of halogens is 1. The molecular formula is C13H9BrN2O2S. The van der Waals surface area contributed by atoms with Crippen LogP contribution in [0.15, 0.2) is 50.1 Å². The van der Waals surface area contributed by atoms with Gasteiger partial charge in [-0.2, -0.15) is 16.3 Å². The number of hydrogen-bond donors (Lipinski definition) is 0. The summed E-state index contributed by atoms with van der Waals surface area (Å²) in [6.07, 6.45) is 0. The summed E-state index contributed by atoms with van der Waals surface area (Å²) < 4.78 is 11.7. The van der Waals surface area contributed by atoms with Crippen LogP contribution in [0.2, 0.25) is 0 Å². The first-order valence-electron chi connectivity index (χ1n) is 5.55. The van der Waals surface area contributed by atoms with Crippen molar-refractivity contribution in [3.63, 3.8) is 0 Å². The molecule has 6 heteroatoms. The first-order chi connectivity index (χ1) is 9.33. The van der Waals surface area contributed by atoms with E-state index in [0.717, 1.165) is 15.8 Å². The molecule has 0 aliphatic carbocycles. The van der Waals surface area contributed by atoms with Gasteiger partial charge in [-0.05, 0) is 39.5 Å². The molecule has 1 aromatic carbocycles. The number of nitrogens with zero attached hydrogens (tertiary/aromatic N) is 2. The molecule has 0 spiro atoms. The SMILES string of the molecule is Brc1ccccc1OCc1noc(-c2ccsc2)n1. The molecule has 0 saturated carbocycles. The first kappa shape index (κ1) is 12.4. The quantitative estimate of drug-likeness (QED) is 0.718. The highest BCUT2D eigenvalue weighted by Crippen LogP contribution is 2.25. The fourth-order valence-electron chi connectivity index (χ4n) is 1.52. The molecule has 0 amide bonds. The van der Waals surface area contributed by atoms with Crippen LogP contribution in [0.25, 0.3) is 11.5 Å². The van der Waals surface area contributed by atoms with Gasteiger partial charge in [0.25, 0.3) is 5.89 Å². The number of ether oxygens (including phenoxy) is 1. The molecule has 3 aromatic rings. The summed E-state index contributed by atoms with van der Waals surface area (Å²) in [6.45, 7) is 0.274. The molecule has 0 aliphatic rings. The minimum Gasteiger partial charge on any atom is -0.484 e. The molecule has 0 saturated heterocycles. The Morgan fingerprint density at radius 2 is 2.16 bits per heavy atom. The highest BCUT2D eigenvalue weighted by atomic mass is 79.9. The fourth-order valence-corrected chi connectivity index (χ4v) is 2.55. The summed E-state index contributed by atoms with van der Waals surface area (Å²) in [6, 6.07) is 9.58. The van der Waals surface area contributed by atoms with Gasteiger partial charge in [-0.1, -0.05) is 17.3 Å². The van der Waals surface area contributed by atoms with Crippen LogP contribution >= 0.6 is 27.3 Å². The van der Waals surface area contributed by atoms with Gasteiger partial charge in [-0.3, -0.25) is 0 Å². The van der Waals surface area contributed by atoms with Crippen LogP contribution in [0.3, 0.4) is 0 Å². The molecule has 96 valence electrons. The van der Waals surface area contributed by atoms with E-state index in [-0.39, 0.29) is 6.61 Å². The van der Waals surface area contributed by atoms with Gasteiger partial charge in [0.05, 0.1) is 10.0 Å². The zero-order valence-electron chi connectivity index (χ0n) is 9.75. The minimum absolute atomic E-state index is 0.274. The Balaban J connectivity index is 1.70. The van der Waals surface area contributed by atoms with E-state index in [4.69, 9.17) is 9.26 Å². The zero-order chi connectivity index (χ0) is 13.1. The second-order valence-electron chi connectivity index (χ2n) is 3.75. The van der Waals surface area contributed by atoms with Gasteiger partial charge < -0.3 is 9.26 Å². The molecule has 2 aromatic heterocycles. The molecular weight excluding hydrogens is 328 g/mol. The van der Waals surface area contributed by atoms with Crippen LogP contribution in [0.5, 0.6) is 5.75 Å². The van der Waals surface area contributed by atoms with Gasteiger partial charge in [0.15, 0.2) is 6.61 Å². The zero-order valence-corrected chi connectivity index (χ0v) is 12.1. The van der Waals surface area contributed by atoms with Crippen molar-refractivity contribution in [2.24, 2.45) is 0 Å². The van der Waals surface area contributed by atoms with E-state index in [2.05, 4.69) is 26.1 Å². The molecule has 0 radical (unpaired) electrons. The summed E-state index contributed by atoms with van der Waals surface area (Å²) in [5.41, 5.74) is 0.935. The Labute approximate surface area is 122 Å². The van der Waals surface area contributed by atoms with Gasteiger partial charge in [-0.15, -0.1) is 0 Å². The van der Waals surface area contributed by atoms with Crippen molar-refractivity contribution >= 4 is 27.3 Å². The molecule has 0 unspecified atom stereocenters. The maximum absolute atomic E-state index is 5.62. The van der Waals surface area contributed by atoms with Crippen molar-refractivity contribution in [1.82, 2.24) is 10.1 Å². The number of thiophene rings is 1. The Bertz CT molecular complexity index is 667. The Kier molecular flexibility index (Phi) is 3.61. The maximum atomic E-state index is 5.62. The maximum Gasteiger partial charge on any atom is 0.258 e. The molecule has 0 fully saturated rings. The lowest BCUT2D eigenvalue weighted by molar-refractivity contribution is 0.285. The van der Waals surface area contributed by atoms with E-state index in [9.17, 15) is 0 Å². The largest absolute Gasteiger partial charge is 0.484 e. The van der Waals surface area contributed by atoms with Crippen LogP contribution in [-0.2, 0) is 6.61 Å². The third kappa shape index (κ3) is 2.85. The number of benzene rings is 1. The van der Waals surface area contributed by atoms with Crippen LogP contribution in [0.1, 0.15) is 5.82 Å². The summed E-state index contributed by atoms with van der Waals surface area (Å²) in [4.78, 5) is 4.29. The normalized spacial score (nSPS) is 10.6. The molecule has 19 heavy (non-hydrogen) atoms. The molecule has 0 N–H and O–H groups in total. The van der Waals surface area contributed by atoms with Crippen molar-refractivity contribution in [3.05, 3.63) is 51.4 Å². The van der Waals surface area contributed by atoms with Crippen LogP contribution < -0.4 is 4.74 Å². The summed E-state index contributed by atoms with van der Waals surface area (Å²) in [7, 11) is 0. The van der Waals surface area contributed by atoms with Gasteiger partial charge >= 0.3 is 0 Å². The summed E-state index contributed by atoms with van der Waals surface area (Å²) in [5.74, 6) is 1.80. The molecule has 0 atom stereocenters. The summed E-state index contributed by atoms with van der Waals surface area (Å²) >= 11 is 5.01. The number of para-hydroxylation sites is 1. The fraction of sp³-hybridized carbons (Fsp3) is 0.0769. The minimum atomic E-state index is 0.274.